The third-order valence-electron chi connectivity index (χ3n) is 3.92. The average Bonchev–Trinajstić information content (AvgIpc) is 2.60. The molecule has 0 aliphatic rings. The number of hydrogen-bond acceptors (Lipinski definition) is 3. The second-order valence-corrected chi connectivity index (χ2v) is 5.67. The molecule has 4 nitrogen and oxygen atoms in total. The minimum atomic E-state index is -0.121. The Morgan fingerprint density at radius 3 is 2.74 bits per heavy atom. The standard InChI is InChI=1S/C19H25N3O/c1-4-6-11-22(3)17-12-16(13-20-14-17)19(23)21-18-10-8-7-9-15(18)5-2/h7-10,12-14H,4-6,11H2,1-3H3,(H,21,23). The van der Waals surface area contributed by atoms with Crippen LogP contribution in [0.3, 0.4) is 0 Å². The second kappa shape index (κ2) is 8.32. The van der Waals surface area contributed by atoms with Gasteiger partial charge >= 0.3 is 0 Å². The molecule has 2 rings (SSSR count). The first-order valence-electron chi connectivity index (χ1n) is 8.21. The van der Waals surface area contributed by atoms with Gasteiger partial charge in [-0.3, -0.25) is 9.78 Å². The molecular weight excluding hydrogens is 286 g/mol. The Hall–Kier alpha value is -2.36. The van der Waals surface area contributed by atoms with Gasteiger partial charge in [0.15, 0.2) is 0 Å². The van der Waals surface area contributed by atoms with Gasteiger partial charge < -0.3 is 10.2 Å². The number of para-hydroxylation sites is 1. The molecular formula is C19H25N3O. The molecule has 1 N–H and O–H groups in total. The summed E-state index contributed by atoms with van der Waals surface area (Å²) in [6, 6.07) is 9.78. The Kier molecular flexibility index (Phi) is 6.15. The third-order valence-corrected chi connectivity index (χ3v) is 3.92. The van der Waals surface area contributed by atoms with Gasteiger partial charge in [0.25, 0.3) is 5.91 Å². The third kappa shape index (κ3) is 4.55. The van der Waals surface area contributed by atoms with Crippen LogP contribution in [0, 0.1) is 0 Å². The average molecular weight is 311 g/mol. The molecule has 1 aromatic carbocycles. The SMILES string of the molecule is CCCCN(C)c1cncc(C(=O)Nc2ccccc2CC)c1. The molecule has 2 aromatic rings. The molecule has 0 unspecified atom stereocenters. The highest BCUT2D eigenvalue weighted by atomic mass is 16.1. The maximum Gasteiger partial charge on any atom is 0.257 e. The summed E-state index contributed by atoms with van der Waals surface area (Å²) in [5.41, 5.74) is 3.54. The van der Waals surface area contributed by atoms with Gasteiger partial charge in [0, 0.05) is 25.5 Å². The van der Waals surface area contributed by atoms with Crippen molar-refractivity contribution in [2.45, 2.75) is 33.1 Å². The number of carbonyl (C=O) groups excluding carboxylic acids is 1. The van der Waals surface area contributed by atoms with E-state index in [9.17, 15) is 4.79 Å². The number of nitrogens with zero attached hydrogens (tertiary/aromatic N) is 2. The van der Waals surface area contributed by atoms with Crippen molar-refractivity contribution in [2.24, 2.45) is 0 Å². The molecule has 1 aromatic heterocycles. The molecule has 0 aliphatic carbocycles. The number of aryl methyl sites for hydroxylation is 1. The summed E-state index contributed by atoms with van der Waals surface area (Å²) < 4.78 is 0. The molecule has 0 saturated carbocycles. The number of benzene rings is 1. The summed E-state index contributed by atoms with van der Waals surface area (Å²) in [5.74, 6) is -0.121. The van der Waals surface area contributed by atoms with Crippen molar-refractivity contribution in [3.05, 3.63) is 53.9 Å². The molecule has 0 radical (unpaired) electrons. The Morgan fingerprint density at radius 1 is 1.22 bits per heavy atom. The lowest BCUT2D eigenvalue weighted by molar-refractivity contribution is 0.102. The molecule has 0 spiro atoms. The van der Waals surface area contributed by atoms with E-state index in [4.69, 9.17) is 0 Å². The van der Waals surface area contributed by atoms with Gasteiger partial charge in [-0.25, -0.2) is 0 Å². The molecule has 1 heterocycles. The van der Waals surface area contributed by atoms with E-state index in [1.54, 1.807) is 12.4 Å². The molecule has 0 saturated heterocycles. The van der Waals surface area contributed by atoms with Gasteiger partial charge in [0.05, 0.1) is 17.4 Å². The van der Waals surface area contributed by atoms with Crippen molar-refractivity contribution in [2.75, 3.05) is 23.8 Å². The minimum absolute atomic E-state index is 0.121. The highest BCUT2D eigenvalue weighted by Crippen LogP contribution is 2.18. The van der Waals surface area contributed by atoms with Gasteiger partial charge in [-0.1, -0.05) is 38.5 Å². The predicted octanol–water partition coefficient (Wildman–Crippen LogP) is 4.13. The fraction of sp³-hybridized carbons (Fsp3) is 0.368. The summed E-state index contributed by atoms with van der Waals surface area (Å²) in [4.78, 5) is 18.9. The van der Waals surface area contributed by atoms with Crippen molar-refractivity contribution < 1.29 is 4.79 Å². The maximum absolute atomic E-state index is 12.5. The van der Waals surface area contributed by atoms with E-state index in [0.29, 0.717) is 5.56 Å². The molecule has 23 heavy (non-hydrogen) atoms. The van der Waals surface area contributed by atoms with E-state index >= 15 is 0 Å². The van der Waals surface area contributed by atoms with Crippen LogP contribution < -0.4 is 10.2 Å². The van der Waals surface area contributed by atoms with E-state index < -0.39 is 0 Å². The smallest absolute Gasteiger partial charge is 0.257 e. The first-order valence-corrected chi connectivity index (χ1v) is 8.21. The molecule has 4 heteroatoms. The zero-order valence-corrected chi connectivity index (χ0v) is 14.2. The van der Waals surface area contributed by atoms with Gasteiger partial charge in [-0.2, -0.15) is 0 Å². The topological polar surface area (TPSA) is 45.2 Å². The molecule has 1 amide bonds. The summed E-state index contributed by atoms with van der Waals surface area (Å²) in [6.45, 7) is 5.21. The van der Waals surface area contributed by atoms with Crippen molar-refractivity contribution in [1.82, 2.24) is 4.98 Å². The fourth-order valence-electron chi connectivity index (χ4n) is 2.43. The number of rotatable bonds is 7. The quantitative estimate of drug-likeness (QED) is 0.836. The van der Waals surface area contributed by atoms with Crippen LogP contribution in [0.4, 0.5) is 11.4 Å². The number of nitrogens with one attached hydrogen (secondary N) is 1. The summed E-state index contributed by atoms with van der Waals surface area (Å²) >= 11 is 0. The van der Waals surface area contributed by atoms with E-state index in [0.717, 1.165) is 42.7 Å². The van der Waals surface area contributed by atoms with Crippen LogP contribution in [0.25, 0.3) is 0 Å². The zero-order chi connectivity index (χ0) is 16.7. The van der Waals surface area contributed by atoms with E-state index in [2.05, 4.69) is 29.0 Å². The van der Waals surface area contributed by atoms with Gasteiger partial charge in [-0.15, -0.1) is 0 Å². The van der Waals surface area contributed by atoms with Crippen LogP contribution >= 0.6 is 0 Å². The maximum atomic E-state index is 12.5. The van der Waals surface area contributed by atoms with E-state index in [-0.39, 0.29) is 5.91 Å². The molecule has 0 atom stereocenters. The van der Waals surface area contributed by atoms with E-state index in [1.165, 1.54) is 0 Å². The number of pyridine rings is 1. The first kappa shape index (κ1) is 17.0. The van der Waals surface area contributed by atoms with Crippen LogP contribution in [0.15, 0.2) is 42.7 Å². The molecule has 122 valence electrons. The van der Waals surface area contributed by atoms with Gasteiger partial charge in [0.2, 0.25) is 0 Å². The Morgan fingerprint density at radius 2 is 2.00 bits per heavy atom. The number of carbonyl (C=O) groups is 1. The van der Waals surface area contributed by atoms with Crippen LogP contribution in [-0.2, 0) is 6.42 Å². The Labute approximate surface area is 138 Å². The van der Waals surface area contributed by atoms with Crippen molar-refractivity contribution >= 4 is 17.3 Å². The lowest BCUT2D eigenvalue weighted by atomic mass is 10.1. The summed E-state index contributed by atoms with van der Waals surface area (Å²) in [5, 5.41) is 2.99. The second-order valence-electron chi connectivity index (χ2n) is 5.67. The predicted molar refractivity (Wildman–Crippen MR) is 96.2 cm³/mol. The highest BCUT2D eigenvalue weighted by Gasteiger charge is 2.11. The summed E-state index contributed by atoms with van der Waals surface area (Å²) in [6.07, 6.45) is 6.56. The van der Waals surface area contributed by atoms with E-state index in [1.807, 2.05) is 37.4 Å². The summed E-state index contributed by atoms with van der Waals surface area (Å²) in [7, 11) is 2.03. The fourth-order valence-corrected chi connectivity index (χ4v) is 2.43. The lowest BCUT2D eigenvalue weighted by Gasteiger charge is -2.19. The van der Waals surface area contributed by atoms with Gasteiger partial charge in [0.1, 0.15) is 0 Å². The number of anilines is 2. The normalized spacial score (nSPS) is 10.4. The number of amides is 1. The van der Waals surface area contributed by atoms with Crippen molar-refractivity contribution in [3.63, 3.8) is 0 Å². The molecule has 0 bridgehead atoms. The van der Waals surface area contributed by atoms with Crippen LogP contribution in [-0.4, -0.2) is 24.5 Å². The van der Waals surface area contributed by atoms with Crippen molar-refractivity contribution in [1.29, 1.82) is 0 Å². The molecule has 0 fully saturated rings. The first-order chi connectivity index (χ1) is 11.2. The number of unbranched alkanes of at least 4 members (excludes halogenated alkanes) is 1. The highest BCUT2D eigenvalue weighted by molar-refractivity contribution is 6.04. The van der Waals surface area contributed by atoms with Crippen LogP contribution in [0.1, 0.15) is 42.6 Å². The lowest BCUT2D eigenvalue weighted by Crippen LogP contribution is -2.20. The zero-order valence-electron chi connectivity index (χ0n) is 14.2. The number of aromatic nitrogens is 1. The molecule has 0 aliphatic heterocycles. The monoisotopic (exact) mass is 311 g/mol. The minimum Gasteiger partial charge on any atom is -0.373 e. The Balaban J connectivity index is 2.13. The Bertz CT molecular complexity index is 655. The van der Waals surface area contributed by atoms with Crippen LogP contribution in [0.5, 0.6) is 0 Å². The largest absolute Gasteiger partial charge is 0.373 e. The van der Waals surface area contributed by atoms with Crippen molar-refractivity contribution in [3.8, 4) is 0 Å². The van der Waals surface area contributed by atoms with Crippen LogP contribution in [0.2, 0.25) is 0 Å². The van der Waals surface area contributed by atoms with Gasteiger partial charge in [-0.05, 0) is 30.5 Å². The number of hydrogen-bond donors (Lipinski definition) is 1.